The number of nitrogens with one attached hydrogen (secondary N) is 1. The molecule has 1 unspecified atom stereocenters. The Bertz CT molecular complexity index is 1240. The van der Waals surface area contributed by atoms with Crippen molar-refractivity contribution in [1.82, 2.24) is 10.3 Å². The molecule has 1 aliphatic heterocycles. The number of nitrogens with zero attached hydrogens (tertiary/aromatic N) is 2. The number of carbonyl (C=O) groups is 1. The number of sulfonamides is 1. The van der Waals surface area contributed by atoms with Crippen LogP contribution in [0.1, 0.15) is 41.6 Å². The minimum atomic E-state index is -3.53. The van der Waals surface area contributed by atoms with Gasteiger partial charge in [0.15, 0.2) is 0 Å². The van der Waals surface area contributed by atoms with E-state index in [0.29, 0.717) is 29.7 Å². The van der Waals surface area contributed by atoms with Crippen molar-refractivity contribution in [3.8, 4) is 11.3 Å². The SMILES string of the molecule is CNC(=O)c1c(-c2ccc(F)cc2)oc2nc3c(cc12)C(C)CCCN3S(C)(=O)=O. The van der Waals surface area contributed by atoms with Crippen LogP contribution < -0.4 is 9.62 Å². The highest BCUT2D eigenvalue weighted by atomic mass is 32.2. The Morgan fingerprint density at radius 2 is 2.00 bits per heavy atom. The largest absolute Gasteiger partial charge is 0.437 e. The third kappa shape index (κ3) is 3.43. The Morgan fingerprint density at radius 1 is 1.30 bits per heavy atom. The Labute approximate surface area is 173 Å². The number of anilines is 1. The Morgan fingerprint density at radius 3 is 2.63 bits per heavy atom. The topological polar surface area (TPSA) is 92.5 Å². The molecule has 1 atom stereocenters. The van der Waals surface area contributed by atoms with Gasteiger partial charge in [-0.3, -0.25) is 9.10 Å². The molecule has 30 heavy (non-hydrogen) atoms. The lowest BCUT2D eigenvalue weighted by Gasteiger charge is -2.21. The number of amides is 1. The van der Waals surface area contributed by atoms with Gasteiger partial charge >= 0.3 is 0 Å². The van der Waals surface area contributed by atoms with Gasteiger partial charge in [-0.1, -0.05) is 6.92 Å². The molecule has 1 N–H and O–H groups in total. The maximum absolute atomic E-state index is 13.4. The van der Waals surface area contributed by atoms with E-state index in [2.05, 4.69) is 10.3 Å². The maximum atomic E-state index is 13.4. The summed E-state index contributed by atoms with van der Waals surface area (Å²) in [5.74, 6) is -0.117. The molecule has 1 amide bonds. The third-order valence-electron chi connectivity index (χ3n) is 5.42. The Hall–Kier alpha value is -2.94. The molecule has 1 aromatic carbocycles. The van der Waals surface area contributed by atoms with Crippen molar-refractivity contribution in [2.45, 2.75) is 25.7 Å². The van der Waals surface area contributed by atoms with Crippen LogP contribution >= 0.6 is 0 Å². The molecule has 0 spiro atoms. The predicted octanol–water partition coefficient (Wildman–Crippen LogP) is 3.66. The molecule has 7 nitrogen and oxygen atoms in total. The van der Waals surface area contributed by atoms with Crippen LogP contribution in [-0.4, -0.2) is 39.2 Å². The van der Waals surface area contributed by atoms with Crippen LogP contribution in [-0.2, 0) is 10.0 Å². The minimum absolute atomic E-state index is 0.0605. The molecule has 0 fully saturated rings. The lowest BCUT2D eigenvalue weighted by atomic mass is 9.96. The van der Waals surface area contributed by atoms with Gasteiger partial charge in [-0.15, -0.1) is 0 Å². The van der Waals surface area contributed by atoms with Gasteiger partial charge < -0.3 is 9.73 Å². The van der Waals surface area contributed by atoms with Crippen molar-refractivity contribution >= 4 is 32.8 Å². The van der Waals surface area contributed by atoms with Crippen molar-refractivity contribution in [2.24, 2.45) is 0 Å². The van der Waals surface area contributed by atoms with E-state index in [0.717, 1.165) is 18.2 Å². The van der Waals surface area contributed by atoms with Crippen LogP contribution in [0.4, 0.5) is 10.2 Å². The van der Waals surface area contributed by atoms with E-state index in [9.17, 15) is 17.6 Å². The number of hydrogen-bond acceptors (Lipinski definition) is 5. The van der Waals surface area contributed by atoms with E-state index in [1.165, 1.54) is 35.6 Å². The third-order valence-corrected chi connectivity index (χ3v) is 6.57. The summed E-state index contributed by atoms with van der Waals surface area (Å²) in [6, 6.07) is 7.41. The molecule has 1 aliphatic rings. The number of aromatic nitrogens is 1. The first-order valence-corrected chi connectivity index (χ1v) is 11.5. The highest BCUT2D eigenvalue weighted by molar-refractivity contribution is 7.92. The number of furan rings is 1. The van der Waals surface area contributed by atoms with Gasteiger partial charge in [0.25, 0.3) is 5.91 Å². The number of benzene rings is 1. The summed E-state index contributed by atoms with van der Waals surface area (Å²) in [7, 11) is -2.01. The summed E-state index contributed by atoms with van der Waals surface area (Å²) in [5.41, 5.74) is 1.73. The van der Waals surface area contributed by atoms with Gasteiger partial charge in [0.2, 0.25) is 15.7 Å². The monoisotopic (exact) mass is 431 g/mol. The lowest BCUT2D eigenvalue weighted by Crippen LogP contribution is -2.31. The number of pyridine rings is 1. The fraction of sp³-hybridized carbons (Fsp3) is 0.333. The average Bonchev–Trinajstić information content (AvgIpc) is 2.98. The summed E-state index contributed by atoms with van der Waals surface area (Å²) in [6.07, 6.45) is 2.65. The van der Waals surface area contributed by atoms with E-state index >= 15 is 0 Å². The molecule has 0 saturated carbocycles. The Kier molecular flexibility index (Phi) is 5.01. The molecule has 0 saturated heterocycles. The summed E-state index contributed by atoms with van der Waals surface area (Å²) in [5, 5.41) is 3.11. The minimum Gasteiger partial charge on any atom is -0.437 e. The van der Waals surface area contributed by atoms with Gasteiger partial charge in [-0.25, -0.2) is 12.8 Å². The van der Waals surface area contributed by atoms with Crippen LogP contribution in [0.15, 0.2) is 34.7 Å². The van der Waals surface area contributed by atoms with Crippen LogP contribution in [0.5, 0.6) is 0 Å². The molecule has 3 heterocycles. The summed E-state index contributed by atoms with van der Waals surface area (Å²) >= 11 is 0. The summed E-state index contributed by atoms with van der Waals surface area (Å²) in [6.45, 7) is 2.35. The highest BCUT2D eigenvalue weighted by Crippen LogP contribution is 2.40. The van der Waals surface area contributed by atoms with Crippen LogP contribution in [0.2, 0.25) is 0 Å². The quantitative estimate of drug-likeness (QED) is 0.683. The number of fused-ring (bicyclic) bond motifs is 2. The molecule has 158 valence electrons. The van der Waals surface area contributed by atoms with Crippen molar-refractivity contribution in [3.63, 3.8) is 0 Å². The van der Waals surface area contributed by atoms with Gasteiger partial charge in [0.05, 0.1) is 17.2 Å². The molecule has 0 aliphatic carbocycles. The standard InChI is InChI=1S/C21H22FN3O4S/c1-12-5-4-10-25(30(3,27)28)19-15(12)11-16-17(20(26)23-2)18(29-21(16)24-19)13-6-8-14(22)9-7-13/h6-9,11-12H,4-5,10H2,1-3H3,(H,23,26). The van der Waals surface area contributed by atoms with Gasteiger partial charge in [0, 0.05) is 19.2 Å². The summed E-state index contributed by atoms with van der Waals surface area (Å²) in [4.78, 5) is 17.3. The van der Waals surface area contributed by atoms with Crippen LogP contribution in [0, 0.1) is 5.82 Å². The molecule has 9 heteroatoms. The second kappa shape index (κ2) is 7.39. The fourth-order valence-electron chi connectivity index (χ4n) is 3.87. The first-order chi connectivity index (χ1) is 14.2. The van der Waals surface area contributed by atoms with Crippen molar-refractivity contribution < 1.29 is 22.0 Å². The lowest BCUT2D eigenvalue weighted by molar-refractivity contribution is 0.0964. The first-order valence-electron chi connectivity index (χ1n) is 9.64. The molecule has 2 aromatic heterocycles. The zero-order valence-electron chi connectivity index (χ0n) is 16.9. The zero-order valence-corrected chi connectivity index (χ0v) is 17.7. The van der Waals surface area contributed by atoms with E-state index < -0.39 is 15.8 Å². The number of rotatable bonds is 3. The Balaban J connectivity index is 2.03. The molecular formula is C21H22FN3O4S. The predicted molar refractivity (Wildman–Crippen MR) is 113 cm³/mol. The van der Waals surface area contributed by atoms with Gasteiger partial charge in [0.1, 0.15) is 17.4 Å². The molecule has 3 aromatic rings. The van der Waals surface area contributed by atoms with Crippen molar-refractivity contribution in [3.05, 3.63) is 47.3 Å². The highest BCUT2D eigenvalue weighted by Gasteiger charge is 2.31. The molecule has 4 rings (SSSR count). The van der Waals surface area contributed by atoms with Crippen molar-refractivity contribution in [1.29, 1.82) is 0 Å². The fourth-order valence-corrected chi connectivity index (χ4v) is 4.79. The van der Waals surface area contributed by atoms with Crippen LogP contribution in [0.25, 0.3) is 22.4 Å². The van der Waals surface area contributed by atoms with Crippen molar-refractivity contribution in [2.75, 3.05) is 24.2 Å². The second-order valence-corrected chi connectivity index (χ2v) is 9.43. The number of halogens is 1. The maximum Gasteiger partial charge on any atom is 0.255 e. The summed E-state index contributed by atoms with van der Waals surface area (Å²) < 4.78 is 45.4. The van der Waals surface area contributed by atoms with E-state index in [1.54, 1.807) is 6.07 Å². The smallest absolute Gasteiger partial charge is 0.255 e. The van der Waals surface area contributed by atoms with Gasteiger partial charge in [-0.05, 0) is 54.7 Å². The first kappa shape index (κ1) is 20.3. The molecule has 0 bridgehead atoms. The second-order valence-electron chi connectivity index (χ2n) is 7.52. The van der Waals surface area contributed by atoms with E-state index in [1.807, 2.05) is 6.92 Å². The zero-order chi connectivity index (χ0) is 21.6. The number of hydrogen-bond donors (Lipinski definition) is 1. The average molecular weight is 431 g/mol. The molecule has 0 radical (unpaired) electrons. The molecular weight excluding hydrogens is 409 g/mol. The number of carbonyl (C=O) groups excluding carboxylic acids is 1. The van der Waals surface area contributed by atoms with Crippen LogP contribution in [0.3, 0.4) is 0 Å². The van der Waals surface area contributed by atoms with E-state index in [4.69, 9.17) is 4.42 Å². The van der Waals surface area contributed by atoms with Gasteiger partial charge in [-0.2, -0.15) is 4.98 Å². The normalized spacial score (nSPS) is 16.9. The van der Waals surface area contributed by atoms with E-state index in [-0.39, 0.29) is 28.9 Å².